The molecule has 0 saturated carbocycles. The quantitative estimate of drug-likeness (QED) is 0.786. The molecule has 0 fully saturated rings. The van der Waals surface area contributed by atoms with Crippen LogP contribution in [0.5, 0.6) is 0 Å². The second-order valence-electron chi connectivity index (χ2n) is 3.85. The molecule has 0 bridgehead atoms. The maximum atomic E-state index is 12.6. The molecule has 0 radical (unpaired) electrons. The molecule has 0 aliphatic carbocycles. The lowest BCUT2D eigenvalue weighted by Crippen LogP contribution is -2.24. The van der Waals surface area contributed by atoms with E-state index >= 15 is 0 Å². The molecule has 2 heterocycles. The third-order valence-electron chi connectivity index (χ3n) is 2.27. The minimum Gasteiger partial charge on any atom is -0.480 e. The Labute approximate surface area is 112 Å². The van der Waals surface area contributed by atoms with Gasteiger partial charge < -0.3 is 10.4 Å². The van der Waals surface area contributed by atoms with E-state index in [2.05, 4.69) is 20.6 Å². The highest BCUT2D eigenvalue weighted by atomic mass is 19.1. The van der Waals surface area contributed by atoms with Gasteiger partial charge in [-0.3, -0.25) is 9.59 Å². The smallest absolute Gasteiger partial charge is 0.325 e. The number of rotatable bonds is 5. The number of nitrogens with zero attached hydrogens (tertiary/aromatic N) is 4. The van der Waals surface area contributed by atoms with Gasteiger partial charge in [0.05, 0.1) is 18.9 Å². The number of carboxylic acid groups (broad SMARTS) is 1. The highest BCUT2D eigenvalue weighted by Gasteiger charge is 2.09. The molecule has 0 saturated heterocycles. The highest BCUT2D eigenvalue weighted by Crippen LogP contribution is 1.99. The summed E-state index contributed by atoms with van der Waals surface area (Å²) < 4.78 is 13.8. The van der Waals surface area contributed by atoms with Crippen LogP contribution in [0.3, 0.4) is 0 Å². The first kappa shape index (κ1) is 13.6. The number of carbonyl (C=O) groups excluding carboxylic acids is 1. The monoisotopic (exact) mass is 279 g/mol. The van der Waals surface area contributed by atoms with E-state index in [1.54, 1.807) is 0 Å². The van der Waals surface area contributed by atoms with Crippen molar-refractivity contribution in [1.29, 1.82) is 0 Å². The molecular formula is C11H10FN5O3. The Kier molecular flexibility index (Phi) is 3.99. The molecule has 1 amide bonds. The fraction of sp³-hybridized carbons (Fsp3) is 0.182. The molecule has 0 aliphatic heterocycles. The number of carbonyl (C=O) groups is 2. The van der Waals surface area contributed by atoms with Gasteiger partial charge in [-0.05, 0) is 12.1 Å². The lowest BCUT2D eigenvalue weighted by atomic mass is 10.3. The maximum absolute atomic E-state index is 12.6. The van der Waals surface area contributed by atoms with Crippen molar-refractivity contribution in [1.82, 2.24) is 25.3 Å². The van der Waals surface area contributed by atoms with E-state index in [1.807, 2.05) is 0 Å². The van der Waals surface area contributed by atoms with E-state index < -0.39 is 17.7 Å². The summed E-state index contributed by atoms with van der Waals surface area (Å²) in [7, 11) is 0. The number of hydrogen-bond donors (Lipinski definition) is 2. The largest absolute Gasteiger partial charge is 0.480 e. The number of carboxylic acids is 1. The van der Waals surface area contributed by atoms with Gasteiger partial charge in [0.1, 0.15) is 23.7 Å². The Morgan fingerprint density at radius 3 is 2.85 bits per heavy atom. The van der Waals surface area contributed by atoms with Crippen molar-refractivity contribution < 1.29 is 19.1 Å². The average Bonchev–Trinajstić information content (AvgIpc) is 2.83. The first-order valence-electron chi connectivity index (χ1n) is 5.55. The number of nitrogens with one attached hydrogen (secondary N) is 1. The van der Waals surface area contributed by atoms with Crippen molar-refractivity contribution >= 4 is 11.9 Å². The van der Waals surface area contributed by atoms with Gasteiger partial charge in [0.2, 0.25) is 0 Å². The lowest BCUT2D eigenvalue weighted by Gasteiger charge is -2.01. The van der Waals surface area contributed by atoms with Crippen LogP contribution in [0.4, 0.5) is 4.39 Å². The van der Waals surface area contributed by atoms with Crippen molar-refractivity contribution in [2.45, 2.75) is 13.1 Å². The van der Waals surface area contributed by atoms with Gasteiger partial charge in [0.15, 0.2) is 0 Å². The van der Waals surface area contributed by atoms with Gasteiger partial charge >= 0.3 is 5.97 Å². The Hall–Kier alpha value is -2.84. The van der Waals surface area contributed by atoms with Crippen LogP contribution in [-0.2, 0) is 17.9 Å². The Balaban J connectivity index is 1.91. The van der Waals surface area contributed by atoms with Gasteiger partial charge in [-0.15, -0.1) is 5.10 Å². The molecule has 9 heteroatoms. The molecule has 104 valence electrons. The van der Waals surface area contributed by atoms with Crippen molar-refractivity contribution in [3.63, 3.8) is 0 Å². The Bertz CT molecular complexity index is 625. The van der Waals surface area contributed by atoms with Gasteiger partial charge in [0, 0.05) is 0 Å². The Morgan fingerprint density at radius 2 is 2.20 bits per heavy atom. The number of aromatic nitrogens is 4. The van der Waals surface area contributed by atoms with Gasteiger partial charge in [-0.2, -0.15) is 0 Å². The number of halogens is 1. The van der Waals surface area contributed by atoms with Crippen molar-refractivity contribution in [3.05, 3.63) is 41.7 Å². The number of amides is 1. The predicted octanol–water partition coefficient (Wildman–Crippen LogP) is -0.173. The molecule has 0 unspecified atom stereocenters. The molecule has 2 aromatic heterocycles. The zero-order valence-corrected chi connectivity index (χ0v) is 10.2. The van der Waals surface area contributed by atoms with Gasteiger partial charge in [-0.1, -0.05) is 5.21 Å². The van der Waals surface area contributed by atoms with Crippen LogP contribution in [0.2, 0.25) is 0 Å². The third kappa shape index (κ3) is 3.57. The average molecular weight is 279 g/mol. The molecular weight excluding hydrogens is 269 g/mol. The number of aliphatic carboxylic acids is 1. The van der Waals surface area contributed by atoms with E-state index in [9.17, 15) is 14.0 Å². The summed E-state index contributed by atoms with van der Waals surface area (Å²) in [4.78, 5) is 25.8. The first-order valence-corrected chi connectivity index (χ1v) is 5.55. The second-order valence-corrected chi connectivity index (χ2v) is 3.85. The van der Waals surface area contributed by atoms with Crippen molar-refractivity contribution in [2.75, 3.05) is 0 Å². The summed E-state index contributed by atoms with van der Waals surface area (Å²) >= 11 is 0. The summed E-state index contributed by atoms with van der Waals surface area (Å²) in [6.45, 7) is -0.238. The van der Waals surface area contributed by atoms with Crippen LogP contribution in [0.1, 0.15) is 16.2 Å². The van der Waals surface area contributed by atoms with E-state index in [0.717, 1.165) is 16.9 Å². The van der Waals surface area contributed by atoms with E-state index in [1.165, 1.54) is 12.3 Å². The SMILES string of the molecule is O=C(O)Cn1cc(CNC(=O)c2ccc(F)cn2)nn1. The summed E-state index contributed by atoms with van der Waals surface area (Å²) in [5.41, 5.74) is 0.478. The van der Waals surface area contributed by atoms with Crippen LogP contribution in [0, 0.1) is 5.82 Å². The van der Waals surface area contributed by atoms with Crippen molar-refractivity contribution in [2.24, 2.45) is 0 Å². The lowest BCUT2D eigenvalue weighted by molar-refractivity contribution is -0.137. The third-order valence-corrected chi connectivity index (χ3v) is 2.27. The number of pyridine rings is 1. The normalized spacial score (nSPS) is 10.2. The highest BCUT2D eigenvalue weighted by molar-refractivity contribution is 5.92. The molecule has 8 nitrogen and oxygen atoms in total. The molecule has 0 atom stereocenters. The summed E-state index contributed by atoms with van der Waals surface area (Å²) in [6.07, 6.45) is 2.35. The molecule has 2 rings (SSSR count). The summed E-state index contributed by atoms with van der Waals surface area (Å²) in [5.74, 6) is -2.06. The molecule has 0 spiro atoms. The van der Waals surface area contributed by atoms with Crippen LogP contribution in [0.15, 0.2) is 24.5 Å². The number of hydrogen-bond acceptors (Lipinski definition) is 5. The van der Waals surface area contributed by atoms with Crippen LogP contribution >= 0.6 is 0 Å². The van der Waals surface area contributed by atoms with Crippen LogP contribution in [-0.4, -0.2) is 37.0 Å². The molecule has 0 aliphatic rings. The minimum absolute atomic E-state index is 0.0670. The standard InChI is InChI=1S/C11H10FN5O3/c12-7-1-2-9(13-3-7)11(20)14-4-8-5-17(16-15-8)6-10(18)19/h1-3,5H,4,6H2,(H,14,20)(H,18,19). The van der Waals surface area contributed by atoms with Crippen LogP contribution < -0.4 is 5.32 Å². The molecule has 0 aromatic carbocycles. The van der Waals surface area contributed by atoms with Crippen LogP contribution in [0.25, 0.3) is 0 Å². The van der Waals surface area contributed by atoms with Gasteiger partial charge in [0.25, 0.3) is 5.91 Å². The summed E-state index contributed by atoms with van der Waals surface area (Å²) in [6, 6.07) is 2.39. The zero-order valence-electron chi connectivity index (χ0n) is 10.2. The molecule has 20 heavy (non-hydrogen) atoms. The van der Waals surface area contributed by atoms with Gasteiger partial charge in [-0.25, -0.2) is 14.1 Å². The molecule has 2 N–H and O–H groups in total. The van der Waals surface area contributed by atoms with Crippen molar-refractivity contribution in [3.8, 4) is 0 Å². The fourth-order valence-corrected chi connectivity index (χ4v) is 1.41. The predicted molar refractivity (Wildman–Crippen MR) is 63.0 cm³/mol. The first-order chi connectivity index (χ1) is 9.54. The fourth-order valence-electron chi connectivity index (χ4n) is 1.41. The summed E-state index contributed by atoms with van der Waals surface area (Å²) in [5, 5.41) is 18.4. The second kappa shape index (κ2) is 5.87. The molecule has 2 aromatic rings. The van der Waals surface area contributed by atoms with E-state index in [-0.39, 0.29) is 18.8 Å². The zero-order chi connectivity index (χ0) is 14.5. The Morgan fingerprint density at radius 1 is 1.40 bits per heavy atom. The van der Waals surface area contributed by atoms with E-state index in [0.29, 0.717) is 5.69 Å². The minimum atomic E-state index is -1.04. The maximum Gasteiger partial charge on any atom is 0.325 e. The topological polar surface area (TPSA) is 110 Å². The van der Waals surface area contributed by atoms with E-state index in [4.69, 9.17) is 5.11 Å².